The van der Waals surface area contributed by atoms with Gasteiger partial charge in [0.25, 0.3) is 0 Å². The van der Waals surface area contributed by atoms with Crippen LogP contribution in [0, 0.1) is 34.5 Å². The van der Waals surface area contributed by atoms with Crippen molar-refractivity contribution in [3.8, 4) is 12.4 Å². The quantitative estimate of drug-likeness (QED) is 0.381. The first-order valence-electron chi connectivity index (χ1n) is 7.85. The Kier molecular flexibility index (Phi) is 3.12. The van der Waals surface area contributed by atoms with Gasteiger partial charge in [-0.2, -0.15) is 20.5 Å². The van der Waals surface area contributed by atoms with Gasteiger partial charge in [-0.15, -0.1) is 11.3 Å². The minimum Gasteiger partial charge on any atom is -0.207 e. The molecule has 0 aliphatic carbocycles. The molecule has 0 bridgehead atoms. The monoisotopic (exact) mass is 372 g/mol. The van der Waals surface area contributed by atoms with Crippen molar-refractivity contribution in [1.82, 2.24) is 0 Å². The molecule has 0 fully saturated rings. The maximum absolute atomic E-state index is 13.8. The molecule has 0 amide bonds. The molecule has 7 heteroatoms. The molecule has 0 radical (unpaired) electrons. The average molecular weight is 372 g/mol. The predicted molar refractivity (Wildman–Crippen MR) is 99.0 cm³/mol. The highest BCUT2D eigenvalue weighted by Gasteiger charge is 2.21. The largest absolute Gasteiger partial charge is 0.207 e. The van der Waals surface area contributed by atoms with E-state index in [4.69, 9.17) is 10.5 Å². The Morgan fingerprint density at radius 3 is 1.56 bits per heavy atom. The van der Waals surface area contributed by atoms with E-state index in [0.717, 1.165) is 30.9 Å². The second kappa shape index (κ2) is 5.41. The molecule has 4 nitrogen and oxygen atoms in total. The number of rotatable bonds is 0. The zero-order chi connectivity index (χ0) is 18.7. The van der Waals surface area contributed by atoms with Crippen molar-refractivity contribution in [2.24, 2.45) is 9.98 Å². The van der Waals surface area contributed by atoms with Crippen LogP contribution < -0.4 is 10.7 Å². The summed E-state index contributed by atoms with van der Waals surface area (Å²) in [5, 5.41) is 23.2. The van der Waals surface area contributed by atoms with Crippen LogP contribution in [0.1, 0.15) is 0 Å². The molecule has 126 valence electrons. The SMILES string of the molecule is N#C/N=c1/c2cc(F)ccc2c2c1sc1/c(=N/C#N)c3cc(F)ccc3c12. The summed E-state index contributed by atoms with van der Waals surface area (Å²) in [4.78, 5) is 7.80. The third-order valence-electron chi connectivity index (χ3n) is 4.67. The number of hydrogen-bond donors (Lipinski definition) is 0. The normalized spacial score (nSPS) is 13.2. The second-order valence-electron chi connectivity index (χ2n) is 6.01. The van der Waals surface area contributed by atoms with Gasteiger partial charge in [-0.1, -0.05) is 12.1 Å². The molecule has 27 heavy (non-hydrogen) atoms. The van der Waals surface area contributed by atoms with E-state index >= 15 is 0 Å². The fraction of sp³-hybridized carbons (Fsp3) is 0. The molecule has 5 rings (SSSR count). The Morgan fingerprint density at radius 1 is 0.704 bits per heavy atom. The van der Waals surface area contributed by atoms with Crippen molar-refractivity contribution < 1.29 is 8.78 Å². The third-order valence-corrected chi connectivity index (χ3v) is 5.88. The van der Waals surface area contributed by atoms with E-state index < -0.39 is 11.6 Å². The number of thiophene rings is 1. The van der Waals surface area contributed by atoms with Crippen LogP contribution in [-0.4, -0.2) is 0 Å². The maximum atomic E-state index is 13.8. The zero-order valence-corrected chi connectivity index (χ0v) is 14.2. The highest BCUT2D eigenvalue weighted by molar-refractivity contribution is 7.26. The molecule has 0 saturated heterocycles. The summed E-state index contributed by atoms with van der Waals surface area (Å²) < 4.78 is 29.0. The summed E-state index contributed by atoms with van der Waals surface area (Å²) in [6, 6.07) is 8.72. The average Bonchev–Trinajstić information content (AvgIpc) is 3.24. The second-order valence-corrected chi connectivity index (χ2v) is 7.03. The Hall–Kier alpha value is -3.68. The smallest absolute Gasteiger partial charge is 0.206 e. The van der Waals surface area contributed by atoms with Gasteiger partial charge in [0.15, 0.2) is 0 Å². The van der Waals surface area contributed by atoms with Crippen molar-refractivity contribution in [2.75, 3.05) is 0 Å². The lowest BCUT2D eigenvalue weighted by molar-refractivity contribution is 0.629. The molecule has 1 aromatic heterocycles. The Balaban J connectivity index is 2.18. The van der Waals surface area contributed by atoms with Gasteiger partial charge >= 0.3 is 0 Å². The van der Waals surface area contributed by atoms with E-state index in [1.165, 1.54) is 35.6 Å². The van der Waals surface area contributed by atoms with E-state index in [0.29, 0.717) is 21.5 Å². The topological polar surface area (TPSA) is 72.3 Å². The van der Waals surface area contributed by atoms with Crippen LogP contribution in [0.15, 0.2) is 46.4 Å². The highest BCUT2D eigenvalue weighted by atomic mass is 32.1. The van der Waals surface area contributed by atoms with Gasteiger partial charge < -0.3 is 0 Å². The van der Waals surface area contributed by atoms with Crippen LogP contribution in [-0.2, 0) is 0 Å². The Bertz CT molecular complexity index is 1500. The van der Waals surface area contributed by atoms with Gasteiger partial charge in [0.2, 0.25) is 12.4 Å². The van der Waals surface area contributed by atoms with Gasteiger partial charge in [0.05, 0.1) is 9.40 Å². The molecule has 0 aliphatic rings. The first-order valence-corrected chi connectivity index (χ1v) is 8.67. The number of nitrogens with zero attached hydrogens (tertiary/aromatic N) is 4. The first-order chi connectivity index (χ1) is 13.1. The Morgan fingerprint density at radius 2 is 1.15 bits per heavy atom. The van der Waals surface area contributed by atoms with Gasteiger partial charge in [0.1, 0.15) is 22.3 Å². The molecule has 5 aromatic rings. The molecular formula is C20H6F2N4S. The zero-order valence-electron chi connectivity index (χ0n) is 13.4. The van der Waals surface area contributed by atoms with Crippen LogP contribution in [0.4, 0.5) is 8.78 Å². The van der Waals surface area contributed by atoms with Crippen molar-refractivity contribution in [1.29, 1.82) is 10.5 Å². The van der Waals surface area contributed by atoms with E-state index in [9.17, 15) is 8.78 Å². The third kappa shape index (κ3) is 1.97. The molecule has 0 saturated carbocycles. The van der Waals surface area contributed by atoms with Gasteiger partial charge in [-0.25, -0.2) is 8.78 Å². The lowest BCUT2D eigenvalue weighted by Gasteiger charge is -1.94. The standard InChI is InChI=1S/C20H6F2N4S/c21-9-1-3-11-13(5-9)17(25-7-23)19-15(11)16-12-4-2-10(22)6-14(12)18(26-8-24)20(16)27-19/h1-6H/b25-17-,26-18+. The minimum absolute atomic E-state index is 0.404. The van der Waals surface area contributed by atoms with Crippen molar-refractivity contribution in [2.45, 2.75) is 0 Å². The molecule has 0 atom stereocenters. The van der Waals surface area contributed by atoms with Crippen molar-refractivity contribution >= 4 is 53.1 Å². The summed E-state index contributed by atoms with van der Waals surface area (Å²) in [5.74, 6) is -0.833. The molecule has 0 N–H and O–H groups in total. The molecule has 4 aromatic carbocycles. The van der Waals surface area contributed by atoms with E-state index in [1.807, 2.05) is 0 Å². The predicted octanol–water partition coefficient (Wildman–Crippen LogP) is 4.28. The molecule has 0 unspecified atom stereocenters. The maximum Gasteiger partial charge on any atom is 0.206 e. The van der Waals surface area contributed by atoms with Crippen LogP contribution in [0.5, 0.6) is 0 Å². The fourth-order valence-electron chi connectivity index (χ4n) is 3.71. The summed E-state index contributed by atoms with van der Waals surface area (Å²) >= 11 is 1.32. The number of benzene rings is 2. The van der Waals surface area contributed by atoms with E-state index in [1.54, 1.807) is 24.5 Å². The van der Waals surface area contributed by atoms with Crippen LogP contribution in [0.3, 0.4) is 0 Å². The van der Waals surface area contributed by atoms with Crippen molar-refractivity contribution in [3.63, 3.8) is 0 Å². The highest BCUT2D eigenvalue weighted by Crippen LogP contribution is 2.41. The minimum atomic E-state index is -0.416. The van der Waals surface area contributed by atoms with E-state index in [-0.39, 0.29) is 0 Å². The van der Waals surface area contributed by atoms with Crippen LogP contribution >= 0.6 is 11.3 Å². The molecule has 0 spiro atoms. The summed E-state index contributed by atoms with van der Waals surface area (Å²) in [7, 11) is 0. The van der Waals surface area contributed by atoms with Gasteiger partial charge in [-0.05, 0) is 35.0 Å². The summed E-state index contributed by atoms with van der Waals surface area (Å²) in [6.45, 7) is 0. The molecule has 0 aliphatic heterocycles. The van der Waals surface area contributed by atoms with Crippen molar-refractivity contribution in [3.05, 3.63) is 58.7 Å². The van der Waals surface area contributed by atoms with Gasteiger partial charge in [-0.3, -0.25) is 0 Å². The fourth-order valence-corrected chi connectivity index (χ4v) is 5.04. The van der Waals surface area contributed by atoms with Gasteiger partial charge in [0, 0.05) is 21.5 Å². The Labute approximate surface area is 153 Å². The van der Waals surface area contributed by atoms with Crippen LogP contribution in [0.2, 0.25) is 0 Å². The van der Waals surface area contributed by atoms with Crippen LogP contribution in [0.25, 0.3) is 41.7 Å². The lowest BCUT2D eigenvalue weighted by atomic mass is 10.1. The molecule has 1 heterocycles. The summed E-state index contributed by atoms with van der Waals surface area (Å²) in [5.41, 5.74) is 0. The number of nitriles is 2. The number of hydrogen-bond acceptors (Lipinski definition) is 5. The first kappa shape index (κ1) is 15.6. The summed E-state index contributed by atoms with van der Waals surface area (Å²) in [6.07, 6.45) is 3.56. The lowest BCUT2D eigenvalue weighted by Crippen LogP contribution is -1.98. The molecular weight excluding hydrogens is 366 g/mol. The number of halogens is 2. The van der Waals surface area contributed by atoms with E-state index in [2.05, 4.69) is 9.98 Å². The number of fused-ring (bicyclic) bond motifs is 7.